The van der Waals surface area contributed by atoms with Gasteiger partial charge in [0.05, 0.1) is 34.8 Å². The molecule has 5 rings (SSSR count). The molecule has 2 N–H and O–H groups in total. The number of aryl methyl sites for hydroxylation is 2. The number of carbonyl (C=O) groups excluding carboxylic acids is 1. The van der Waals surface area contributed by atoms with E-state index in [1.54, 1.807) is 17.2 Å². The molecular formula is C29H35N7OS. The Morgan fingerprint density at radius 2 is 1.84 bits per heavy atom. The molecule has 1 atom stereocenters. The van der Waals surface area contributed by atoms with Crippen LogP contribution >= 0.6 is 11.3 Å². The van der Waals surface area contributed by atoms with Crippen molar-refractivity contribution in [3.8, 4) is 22.5 Å². The number of nitrogens with one attached hydrogen (secondary N) is 2. The summed E-state index contributed by atoms with van der Waals surface area (Å²) in [6, 6.07) is 8.14. The first-order chi connectivity index (χ1) is 18.1. The van der Waals surface area contributed by atoms with Gasteiger partial charge in [-0.2, -0.15) is 5.10 Å². The maximum Gasteiger partial charge on any atom is 0.263 e. The zero-order valence-corrected chi connectivity index (χ0v) is 24.1. The third kappa shape index (κ3) is 5.52. The van der Waals surface area contributed by atoms with Gasteiger partial charge in [0.15, 0.2) is 0 Å². The van der Waals surface area contributed by atoms with Gasteiger partial charge in [0.2, 0.25) is 0 Å². The highest BCUT2D eigenvalue weighted by Gasteiger charge is 2.22. The van der Waals surface area contributed by atoms with Gasteiger partial charge in [0.1, 0.15) is 16.9 Å². The highest BCUT2D eigenvalue weighted by Crippen LogP contribution is 2.32. The first-order valence-corrected chi connectivity index (χ1v) is 13.6. The van der Waals surface area contributed by atoms with Crippen LogP contribution in [0.5, 0.6) is 0 Å². The van der Waals surface area contributed by atoms with E-state index in [1.165, 1.54) is 11.3 Å². The lowest BCUT2D eigenvalue weighted by Crippen LogP contribution is -2.26. The van der Waals surface area contributed by atoms with E-state index in [0.29, 0.717) is 4.88 Å². The molecule has 1 aromatic carbocycles. The first kappa shape index (κ1) is 27.2. The number of H-pyrrole nitrogens is 1. The number of benzene rings is 1. The molecule has 0 bridgehead atoms. The summed E-state index contributed by atoms with van der Waals surface area (Å²) in [5, 5.41) is 9.29. The number of carbonyl (C=O) groups is 1. The van der Waals surface area contributed by atoms with Gasteiger partial charge < -0.3 is 10.3 Å². The summed E-state index contributed by atoms with van der Waals surface area (Å²) in [7, 11) is 1.89. The van der Waals surface area contributed by atoms with E-state index >= 15 is 0 Å². The Bertz CT molecular complexity index is 1570. The number of hydrogen-bond acceptors (Lipinski definition) is 6. The number of fused-ring (bicyclic) bond motifs is 1. The minimum absolute atomic E-state index is 0.0775. The van der Waals surface area contributed by atoms with Crippen LogP contribution in [0.25, 0.3) is 33.5 Å². The lowest BCUT2D eigenvalue weighted by atomic mass is 9.97. The van der Waals surface area contributed by atoms with E-state index in [9.17, 15) is 4.79 Å². The quantitative estimate of drug-likeness (QED) is 0.267. The van der Waals surface area contributed by atoms with Crippen molar-refractivity contribution in [3.63, 3.8) is 0 Å². The van der Waals surface area contributed by atoms with E-state index < -0.39 is 0 Å². The second kappa shape index (κ2) is 10.9. The van der Waals surface area contributed by atoms with Crippen LogP contribution in [0.2, 0.25) is 0 Å². The molecule has 1 unspecified atom stereocenters. The molecule has 0 spiro atoms. The summed E-state index contributed by atoms with van der Waals surface area (Å²) in [5.41, 5.74) is 6.63. The average molecular weight is 530 g/mol. The van der Waals surface area contributed by atoms with Gasteiger partial charge in [0.25, 0.3) is 5.91 Å². The Hall–Kier alpha value is -3.85. The molecule has 0 aliphatic heterocycles. The summed E-state index contributed by atoms with van der Waals surface area (Å²) >= 11 is 1.45. The molecule has 0 radical (unpaired) electrons. The van der Waals surface area contributed by atoms with Gasteiger partial charge in [-0.15, -0.1) is 11.3 Å². The van der Waals surface area contributed by atoms with E-state index in [4.69, 9.17) is 0 Å². The summed E-state index contributed by atoms with van der Waals surface area (Å²) in [4.78, 5) is 30.3. The molecule has 4 heterocycles. The van der Waals surface area contributed by atoms with Crippen LogP contribution in [0.4, 0.5) is 0 Å². The molecule has 4 aromatic heterocycles. The number of nitrogens with zero attached hydrogens (tertiary/aromatic N) is 5. The zero-order valence-electron chi connectivity index (χ0n) is 23.2. The molecule has 0 saturated heterocycles. The lowest BCUT2D eigenvalue weighted by molar-refractivity contribution is 0.0943. The predicted molar refractivity (Wildman–Crippen MR) is 154 cm³/mol. The third-order valence-electron chi connectivity index (χ3n) is 6.17. The van der Waals surface area contributed by atoms with E-state index in [-0.39, 0.29) is 17.4 Å². The fourth-order valence-corrected chi connectivity index (χ4v) is 5.14. The highest BCUT2D eigenvalue weighted by molar-refractivity contribution is 7.13. The number of amides is 1. The van der Waals surface area contributed by atoms with Gasteiger partial charge in [0, 0.05) is 35.2 Å². The molecule has 0 aliphatic rings. The molecule has 0 saturated carbocycles. The Balaban J connectivity index is 0.00000164. The van der Waals surface area contributed by atoms with Crippen molar-refractivity contribution in [1.29, 1.82) is 0 Å². The summed E-state index contributed by atoms with van der Waals surface area (Å²) < 4.78 is 1.77. The SMILES string of the molecule is CC.Cc1cc(-c2ncnc3[nH]c(-c4cnn(C)c4)cc23)ccc1C(C)NC(=O)c1cnc(C(C)(C)C)s1. The topological polar surface area (TPSA) is 101 Å². The minimum Gasteiger partial charge on any atom is -0.345 e. The van der Waals surface area contributed by atoms with E-state index in [2.05, 4.69) is 76.2 Å². The molecule has 198 valence electrons. The van der Waals surface area contributed by atoms with Crippen LogP contribution in [-0.2, 0) is 12.5 Å². The maximum atomic E-state index is 12.9. The number of aromatic nitrogens is 6. The molecule has 5 aromatic rings. The highest BCUT2D eigenvalue weighted by atomic mass is 32.1. The van der Waals surface area contributed by atoms with Crippen molar-refractivity contribution < 1.29 is 4.79 Å². The molecular weight excluding hydrogens is 494 g/mol. The fourth-order valence-electron chi connectivity index (χ4n) is 4.27. The van der Waals surface area contributed by atoms with Gasteiger partial charge in [-0.25, -0.2) is 15.0 Å². The molecule has 0 fully saturated rings. The second-order valence-corrected chi connectivity index (χ2v) is 11.1. The smallest absolute Gasteiger partial charge is 0.263 e. The van der Waals surface area contributed by atoms with Crippen LogP contribution < -0.4 is 5.32 Å². The zero-order chi connectivity index (χ0) is 27.6. The van der Waals surface area contributed by atoms with Gasteiger partial charge in [-0.3, -0.25) is 9.48 Å². The van der Waals surface area contributed by atoms with Crippen molar-refractivity contribution in [2.24, 2.45) is 7.05 Å². The Kier molecular flexibility index (Phi) is 7.78. The van der Waals surface area contributed by atoms with E-state index in [1.807, 2.05) is 46.3 Å². The number of thiazole rings is 1. The standard InChI is InChI=1S/C27H29N7OS.C2H6/c1-15-9-17(23-20-10-21(18-11-31-34(6)13-18)33-24(20)30-14-29-23)7-8-19(15)16(2)32-25(35)22-12-28-26(36-22)27(3,4)5;1-2/h7-14,16H,1-6H3,(H,32,35)(H,29,30,33);1-2H3. The summed E-state index contributed by atoms with van der Waals surface area (Å²) in [6.45, 7) is 14.3. The fraction of sp³-hybridized carbons (Fsp3) is 0.345. The molecule has 1 amide bonds. The van der Waals surface area contributed by atoms with Crippen molar-refractivity contribution in [3.05, 3.63) is 70.2 Å². The molecule has 0 aliphatic carbocycles. The number of rotatable bonds is 5. The average Bonchev–Trinajstić information content (AvgIpc) is 3.63. The Morgan fingerprint density at radius 3 is 2.47 bits per heavy atom. The predicted octanol–water partition coefficient (Wildman–Crippen LogP) is 6.61. The van der Waals surface area contributed by atoms with Gasteiger partial charge in [-0.1, -0.05) is 46.8 Å². The normalized spacial score (nSPS) is 12.2. The molecule has 9 heteroatoms. The summed E-state index contributed by atoms with van der Waals surface area (Å²) in [5.74, 6) is -0.105. The lowest BCUT2D eigenvalue weighted by Gasteiger charge is -2.17. The maximum absolute atomic E-state index is 12.9. The largest absolute Gasteiger partial charge is 0.345 e. The Labute approximate surface area is 227 Å². The third-order valence-corrected chi connectivity index (χ3v) is 7.59. The van der Waals surface area contributed by atoms with Gasteiger partial charge in [-0.05, 0) is 37.1 Å². The number of hydrogen-bond donors (Lipinski definition) is 2. The van der Waals surface area contributed by atoms with Gasteiger partial charge >= 0.3 is 0 Å². The van der Waals surface area contributed by atoms with Crippen molar-refractivity contribution in [1.82, 2.24) is 35.0 Å². The van der Waals surface area contributed by atoms with Crippen molar-refractivity contribution >= 4 is 28.3 Å². The molecule has 8 nitrogen and oxygen atoms in total. The Morgan fingerprint density at radius 1 is 1.08 bits per heavy atom. The number of aromatic amines is 1. The van der Waals surface area contributed by atoms with Crippen molar-refractivity contribution in [2.45, 2.75) is 59.9 Å². The van der Waals surface area contributed by atoms with Crippen molar-refractivity contribution in [2.75, 3.05) is 0 Å². The summed E-state index contributed by atoms with van der Waals surface area (Å²) in [6.07, 6.45) is 7.03. The second-order valence-electron chi connectivity index (χ2n) is 10.1. The van der Waals surface area contributed by atoms with Crippen LogP contribution in [0.1, 0.15) is 73.4 Å². The van der Waals surface area contributed by atoms with Crippen LogP contribution in [0, 0.1) is 6.92 Å². The van der Waals surface area contributed by atoms with Crippen LogP contribution in [0.15, 0.2) is 49.2 Å². The first-order valence-electron chi connectivity index (χ1n) is 12.8. The van der Waals surface area contributed by atoms with Crippen LogP contribution in [-0.4, -0.2) is 35.6 Å². The van der Waals surface area contributed by atoms with E-state index in [0.717, 1.165) is 49.7 Å². The monoisotopic (exact) mass is 529 g/mol. The minimum atomic E-state index is -0.151. The van der Waals surface area contributed by atoms with Crippen LogP contribution in [0.3, 0.4) is 0 Å². The molecule has 38 heavy (non-hydrogen) atoms.